The van der Waals surface area contributed by atoms with Crippen molar-refractivity contribution in [3.63, 3.8) is 0 Å². The number of hydrogen-bond acceptors (Lipinski definition) is 3. The van der Waals surface area contributed by atoms with Gasteiger partial charge in [0.1, 0.15) is 0 Å². The minimum atomic E-state index is -3.60. The molecule has 0 aliphatic carbocycles. The fourth-order valence-electron chi connectivity index (χ4n) is 2.08. The Morgan fingerprint density at radius 2 is 1.67 bits per heavy atom. The molecule has 0 atom stereocenters. The fourth-order valence-corrected chi connectivity index (χ4v) is 3.43. The van der Waals surface area contributed by atoms with Crippen LogP contribution in [-0.4, -0.2) is 8.42 Å². The van der Waals surface area contributed by atoms with E-state index in [4.69, 9.17) is 5.73 Å². The standard InChI is InChI=1S/C16H20N2O2S/c1-3-13-6-8-15(9-7-13)18-21(19,20)16-10-14(11-17)5-4-12(16)2/h4-10,18H,3,11,17H2,1-2H3. The largest absolute Gasteiger partial charge is 0.326 e. The zero-order valence-electron chi connectivity index (χ0n) is 12.3. The molecule has 112 valence electrons. The molecule has 21 heavy (non-hydrogen) atoms. The van der Waals surface area contributed by atoms with Gasteiger partial charge in [-0.25, -0.2) is 8.42 Å². The lowest BCUT2D eigenvalue weighted by Gasteiger charge is -2.12. The maximum absolute atomic E-state index is 12.5. The van der Waals surface area contributed by atoms with Gasteiger partial charge in [0.05, 0.1) is 4.90 Å². The van der Waals surface area contributed by atoms with Crippen molar-refractivity contribution in [2.24, 2.45) is 5.73 Å². The van der Waals surface area contributed by atoms with E-state index in [2.05, 4.69) is 11.6 Å². The van der Waals surface area contributed by atoms with E-state index in [0.717, 1.165) is 12.0 Å². The van der Waals surface area contributed by atoms with Gasteiger partial charge in [0.15, 0.2) is 0 Å². The minimum absolute atomic E-state index is 0.269. The maximum Gasteiger partial charge on any atom is 0.262 e. The first kappa shape index (κ1) is 15.5. The highest BCUT2D eigenvalue weighted by atomic mass is 32.2. The Labute approximate surface area is 126 Å². The summed E-state index contributed by atoms with van der Waals surface area (Å²) in [5.74, 6) is 0. The molecule has 0 unspecified atom stereocenters. The summed E-state index contributed by atoms with van der Waals surface area (Å²) in [7, 11) is -3.60. The predicted molar refractivity (Wildman–Crippen MR) is 85.7 cm³/mol. The molecular formula is C16H20N2O2S. The van der Waals surface area contributed by atoms with Crippen LogP contribution in [0.5, 0.6) is 0 Å². The molecule has 4 nitrogen and oxygen atoms in total. The average molecular weight is 304 g/mol. The fraction of sp³-hybridized carbons (Fsp3) is 0.250. The molecule has 3 N–H and O–H groups in total. The molecule has 0 aliphatic rings. The molecule has 5 heteroatoms. The topological polar surface area (TPSA) is 72.2 Å². The van der Waals surface area contributed by atoms with Crippen molar-refractivity contribution in [3.8, 4) is 0 Å². The first-order valence-corrected chi connectivity index (χ1v) is 8.36. The summed E-state index contributed by atoms with van der Waals surface area (Å²) in [4.78, 5) is 0.269. The Morgan fingerprint density at radius 1 is 1.05 bits per heavy atom. The molecular weight excluding hydrogens is 284 g/mol. The van der Waals surface area contributed by atoms with Gasteiger partial charge in [0.25, 0.3) is 10.0 Å². The van der Waals surface area contributed by atoms with Gasteiger partial charge in [-0.2, -0.15) is 0 Å². The van der Waals surface area contributed by atoms with Gasteiger partial charge in [0.2, 0.25) is 0 Å². The van der Waals surface area contributed by atoms with Crippen LogP contribution in [0.4, 0.5) is 5.69 Å². The molecule has 2 rings (SSSR count). The van der Waals surface area contributed by atoms with Gasteiger partial charge in [-0.1, -0.05) is 31.2 Å². The van der Waals surface area contributed by atoms with Crippen LogP contribution in [0.15, 0.2) is 47.4 Å². The van der Waals surface area contributed by atoms with E-state index in [-0.39, 0.29) is 4.90 Å². The van der Waals surface area contributed by atoms with Crippen LogP contribution >= 0.6 is 0 Å². The monoisotopic (exact) mass is 304 g/mol. The molecule has 0 aliphatic heterocycles. The van der Waals surface area contributed by atoms with Crippen molar-refractivity contribution < 1.29 is 8.42 Å². The molecule has 0 spiro atoms. The third-order valence-corrected chi connectivity index (χ3v) is 4.92. The van der Waals surface area contributed by atoms with Gasteiger partial charge in [-0.3, -0.25) is 4.72 Å². The van der Waals surface area contributed by atoms with Crippen LogP contribution in [0.25, 0.3) is 0 Å². The minimum Gasteiger partial charge on any atom is -0.326 e. The number of nitrogens with two attached hydrogens (primary N) is 1. The lowest BCUT2D eigenvalue weighted by atomic mass is 10.1. The molecule has 0 radical (unpaired) electrons. The number of hydrogen-bond donors (Lipinski definition) is 2. The summed E-state index contributed by atoms with van der Waals surface area (Å²) in [5, 5.41) is 0. The zero-order valence-corrected chi connectivity index (χ0v) is 13.1. The third kappa shape index (κ3) is 3.62. The van der Waals surface area contributed by atoms with E-state index in [1.807, 2.05) is 18.2 Å². The van der Waals surface area contributed by atoms with Gasteiger partial charge in [-0.15, -0.1) is 0 Å². The van der Waals surface area contributed by atoms with Crippen molar-refractivity contribution in [2.75, 3.05) is 4.72 Å². The number of nitrogens with one attached hydrogen (secondary N) is 1. The second kappa shape index (κ2) is 6.28. The van der Waals surface area contributed by atoms with E-state index >= 15 is 0 Å². The molecule has 0 saturated heterocycles. The maximum atomic E-state index is 12.5. The highest BCUT2D eigenvalue weighted by molar-refractivity contribution is 7.92. The van der Waals surface area contributed by atoms with Crippen LogP contribution in [-0.2, 0) is 23.0 Å². The molecule has 0 amide bonds. The van der Waals surface area contributed by atoms with Gasteiger partial charge < -0.3 is 5.73 Å². The first-order valence-electron chi connectivity index (χ1n) is 6.87. The molecule has 2 aromatic carbocycles. The molecule has 0 bridgehead atoms. The zero-order chi connectivity index (χ0) is 15.5. The van der Waals surface area contributed by atoms with E-state index in [0.29, 0.717) is 17.8 Å². The summed E-state index contributed by atoms with van der Waals surface area (Å²) >= 11 is 0. The molecule has 0 aromatic heterocycles. The predicted octanol–water partition coefficient (Wildman–Crippen LogP) is 2.82. The number of anilines is 1. The highest BCUT2D eigenvalue weighted by Gasteiger charge is 2.17. The van der Waals surface area contributed by atoms with Crippen LogP contribution in [0, 0.1) is 6.92 Å². The lowest BCUT2D eigenvalue weighted by Crippen LogP contribution is -2.15. The van der Waals surface area contributed by atoms with Gasteiger partial charge >= 0.3 is 0 Å². The SMILES string of the molecule is CCc1ccc(NS(=O)(=O)c2cc(CN)ccc2C)cc1. The summed E-state index contributed by atoms with van der Waals surface area (Å²) in [6.45, 7) is 4.14. The third-order valence-electron chi connectivity index (χ3n) is 3.39. The number of rotatable bonds is 5. The van der Waals surface area contributed by atoms with Crippen molar-refractivity contribution in [1.29, 1.82) is 0 Å². The second-order valence-corrected chi connectivity index (χ2v) is 6.61. The average Bonchev–Trinajstić information content (AvgIpc) is 2.48. The highest BCUT2D eigenvalue weighted by Crippen LogP contribution is 2.21. The van der Waals surface area contributed by atoms with Crippen molar-refractivity contribution in [2.45, 2.75) is 31.7 Å². The Morgan fingerprint density at radius 3 is 2.24 bits per heavy atom. The quantitative estimate of drug-likeness (QED) is 0.892. The van der Waals surface area contributed by atoms with Crippen LogP contribution in [0.3, 0.4) is 0 Å². The summed E-state index contributed by atoms with van der Waals surface area (Å²) in [5.41, 5.74) is 8.80. The molecule has 0 fully saturated rings. The number of sulfonamides is 1. The Bertz CT molecular complexity index is 722. The van der Waals surface area contributed by atoms with Crippen LogP contribution < -0.4 is 10.5 Å². The van der Waals surface area contributed by atoms with Crippen LogP contribution in [0.2, 0.25) is 0 Å². The van der Waals surface area contributed by atoms with Gasteiger partial charge in [0, 0.05) is 12.2 Å². The smallest absolute Gasteiger partial charge is 0.262 e. The Hall–Kier alpha value is -1.85. The summed E-state index contributed by atoms with van der Waals surface area (Å²) < 4.78 is 27.6. The Kier molecular flexibility index (Phi) is 4.65. The van der Waals surface area contributed by atoms with E-state index in [1.54, 1.807) is 31.2 Å². The summed E-state index contributed by atoms with van der Waals surface area (Å²) in [6.07, 6.45) is 0.921. The normalized spacial score (nSPS) is 11.4. The van der Waals surface area contributed by atoms with Crippen molar-refractivity contribution in [1.82, 2.24) is 0 Å². The number of aryl methyl sites for hydroxylation is 2. The molecule has 0 heterocycles. The van der Waals surface area contributed by atoms with E-state index in [9.17, 15) is 8.42 Å². The lowest BCUT2D eigenvalue weighted by molar-refractivity contribution is 0.600. The van der Waals surface area contributed by atoms with Crippen LogP contribution in [0.1, 0.15) is 23.6 Å². The van der Waals surface area contributed by atoms with Crippen molar-refractivity contribution in [3.05, 3.63) is 59.2 Å². The number of benzene rings is 2. The van der Waals surface area contributed by atoms with E-state index < -0.39 is 10.0 Å². The van der Waals surface area contributed by atoms with Crippen molar-refractivity contribution >= 4 is 15.7 Å². The summed E-state index contributed by atoms with van der Waals surface area (Å²) in [6, 6.07) is 12.6. The first-order chi connectivity index (χ1) is 9.96. The Balaban J connectivity index is 2.33. The van der Waals surface area contributed by atoms with E-state index in [1.165, 1.54) is 5.56 Å². The molecule has 0 saturated carbocycles. The molecule has 2 aromatic rings. The van der Waals surface area contributed by atoms with Gasteiger partial charge in [-0.05, 0) is 48.2 Å². The second-order valence-electron chi connectivity index (χ2n) is 4.96.